The van der Waals surface area contributed by atoms with Gasteiger partial charge in [0, 0.05) is 11.4 Å². The minimum atomic E-state index is -5.04. The first-order valence-corrected chi connectivity index (χ1v) is 5.00. The van der Waals surface area contributed by atoms with Gasteiger partial charge >= 0.3 is 6.18 Å². The third kappa shape index (κ3) is 2.66. The monoisotopic (exact) mass is 307 g/mol. The lowest BCUT2D eigenvalue weighted by Gasteiger charge is -2.14. The van der Waals surface area contributed by atoms with Crippen molar-refractivity contribution in [2.75, 3.05) is 0 Å². The molecule has 0 amide bonds. The van der Waals surface area contributed by atoms with Crippen LogP contribution in [0.25, 0.3) is 0 Å². The van der Waals surface area contributed by atoms with E-state index in [1.54, 1.807) is 0 Å². The summed E-state index contributed by atoms with van der Waals surface area (Å²) in [5.41, 5.74) is -3.63. The Morgan fingerprint density at radius 1 is 1.31 bits per heavy atom. The maximum Gasteiger partial charge on any atom is 0.417 e. The number of aromatic nitrogens is 1. The second-order valence-corrected chi connectivity index (χ2v) is 3.35. The van der Waals surface area contributed by atoms with Gasteiger partial charge in [0.2, 0.25) is 5.95 Å². The van der Waals surface area contributed by atoms with E-state index >= 15 is 0 Å². The zero-order valence-corrected chi connectivity index (χ0v) is 9.04. The Bertz CT molecular complexity index is 389. The van der Waals surface area contributed by atoms with Crippen LogP contribution in [-0.4, -0.2) is 4.98 Å². The van der Waals surface area contributed by atoms with E-state index in [1.807, 2.05) is 0 Å². The Morgan fingerprint density at radius 3 is 2.25 bits per heavy atom. The number of alkyl halides is 6. The summed E-state index contributed by atoms with van der Waals surface area (Å²) < 4.78 is 74.7. The average Bonchev–Trinajstić information content (AvgIpc) is 2.14. The van der Waals surface area contributed by atoms with Gasteiger partial charge in [-0.3, -0.25) is 0 Å². The zero-order valence-electron chi connectivity index (χ0n) is 7.45. The predicted octanol–water partition coefficient (Wildman–Crippen LogP) is 4.07. The van der Waals surface area contributed by atoms with Gasteiger partial charge < -0.3 is 0 Å². The third-order valence-electron chi connectivity index (χ3n) is 1.76. The fraction of sp³-hybridized carbons (Fsp3) is 0.375. The first-order valence-electron chi connectivity index (χ1n) is 3.88. The van der Waals surface area contributed by atoms with Crippen molar-refractivity contribution in [3.05, 3.63) is 28.8 Å². The molecule has 90 valence electrons. The van der Waals surface area contributed by atoms with Gasteiger partial charge in [-0.15, -0.1) is 0 Å². The highest BCUT2D eigenvalue weighted by molar-refractivity contribution is 9.08. The molecule has 0 bridgehead atoms. The molecule has 0 atom stereocenters. The molecule has 16 heavy (non-hydrogen) atoms. The lowest BCUT2D eigenvalue weighted by molar-refractivity contribution is -0.139. The Hall–Kier alpha value is -0.790. The van der Waals surface area contributed by atoms with Gasteiger partial charge in [0.15, 0.2) is 0 Å². The highest BCUT2D eigenvalue weighted by atomic mass is 79.9. The Balaban J connectivity index is 3.51. The van der Waals surface area contributed by atoms with E-state index in [0.29, 0.717) is 0 Å². The summed E-state index contributed by atoms with van der Waals surface area (Å²) in [6, 6.07) is -0.0341. The molecule has 0 N–H and O–H groups in total. The van der Waals surface area contributed by atoms with Crippen LogP contribution in [-0.2, 0) is 11.5 Å². The molecule has 0 aliphatic rings. The summed E-state index contributed by atoms with van der Waals surface area (Å²) in [4.78, 5) is 2.99. The Kier molecular flexibility index (Phi) is 3.82. The fourth-order valence-corrected chi connectivity index (χ4v) is 1.58. The molecule has 0 aromatic carbocycles. The second kappa shape index (κ2) is 4.60. The van der Waals surface area contributed by atoms with E-state index in [2.05, 4.69) is 20.9 Å². The van der Waals surface area contributed by atoms with Crippen molar-refractivity contribution in [3.8, 4) is 0 Å². The van der Waals surface area contributed by atoms with Crippen LogP contribution in [0.15, 0.2) is 6.07 Å². The van der Waals surface area contributed by atoms with Crippen LogP contribution in [0.4, 0.5) is 26.3 Å². The zero-order chi connectivity index (χ0) is 12.5. The van der Waals surface area contributed by atoms with Crippen molar-refractivity contribution in [1.82, 2.24) is 4.98 Å². The number of hydrogen-bond acceptors (Lipinski definition) is 1. The van der Waals surface area contributed by atoms with E-state index in [0.717, 1.165) is 0 Å². The maximum absolute atomic E-state index is 12.7. The van der Waals surface area contributed by atoms with Gasteiger partial charge in [0.05, 0.1) is 16.8 Å². The van der Waals surface area contributed by atoms with Crippen LogP contribution in [0.3, 0.4) is 0 Å². The molecule has 1 nitrogen and oxygen atoms in total. The van der Waals surface area contributed by atoms with E-state index in [4.69, 9.17) is 0 Å². The van der Waals surface area contributed by atoms with Crippen LogP contribution in [0.1, 0.15) is 23.2 Å². The van der Waals surface area contributed by atoms with Crippen LogP contribution in [0, 0.1) is 5.95 Å². The standard InChI is InChI=1S/C8H4BrF6N/c9-2-4-6(7(11)12)3(8(13,14)15)1-5(10)16-4/h1,7H,2H2. The summed E-state index contributed by atoms with van der Waals surface area (Å²) >= 11 is 2.68. The largest absolute Gasteiger partial charge is 0.417 e. The van der Waals surface area contributed by atoms with Gasteiger partial charge in [-0.05, 0) is 0 Å². The van der Waals surface area contributed by atoms with Crippen LogP contribution < -0.4 is 0 Å². The molecule has 1 rings (SSSR count). The summed E-state index contributed by atoms with van der Waals surface area (Å²) in [7, 11) is 0. The van der Waals surface area contributed by atoms with E-state index in [-0.39, 0.29) is 11.4 Å². The molecule has 8 heteroatoms. The van der Waals surface area contributed by atoms with Crippen molar-refractivity contribution >= 4 is 15.9 Å². The molecule has 0 aliphatic heterocycles. The van der Waals surface area contributed by atoms with Gasteiger partial charge in [-0.1, -0.05) is 15.9 Å². The van der Waals surface area contributed by atoms with Gasteiger partial charge in [0.25, 0.3) is 6.43 Å². The first-order chi connectivity index (χ1) is 7.27. The Morgan fingerprint density at radius 2 is 1.88 bits per heavy atom. The summed E-state index contributed by atoms with van der Waals surface area (Å²) in [5.74, 6) is -1.44. The minimum Gasteiger partial charge on any atom is -0.223 e. The molecule has 0 aliphatic carbocycles. The molecule has 0 saturated carbocycles. The SMILES string of the molecule is Fc1cc(C(F)(F)F)c(C(F)F)c(CBr)n1. The molecule has 0 spiro atoms. The molecular formula is C8H4BrF6N. The quantitative estimate of drug-likeness (QED) is 0.456. The smallest absolute Gasteiger partial charge is 0.223 e. The first kappa shape index (κ1) is 13.3. The van der Waals surface area contributed by atoms with Crippen molar-refractivity contribution in [1.29, 1.82) is 0 Å². The van der Waals surface area contributed by atoms with E-state index in [9.17, 15) is 26.3 Å². The fourth-order valence-electron chi connectivity index (χ4n) is 1.15. The summed E-state index contributed by atoms with van der Waals surface area (Å²) in [6.07, 6.45) is -8.40. The summed E-state index contributed by atoms with van der Waals surface area (Å²) in [5, 5.41) is -0.381. The molecule has 0 saturated heterocycles. The van der Waals surface area contributed by atoms with Gasteiger partial charge in [-0.2, -0.15) is 17.6 Å². The van der Waals surface area contributed by atoms with E-state index < -0.39 is 35.4 Å². The molecule has 1 aromatic heterocycles. The van der Waals surface area contributed by atoms with E-state index in [1.165, 1.54) is 0 Å². The van der Waals surface area contributed by atoms with Crippen molar-refractivity contribution in [3.63, 3.8) is 0 Å². The van der Waals surface area contributed by atoms with Crippen LogP contribution >= 0.6 is 15.9 Å². The van der Waals surface area contributed by atoms with Gasteiger partial charge in [0.1, 0.15) is 0 Å². The maximum atomic E-state index is 12.7. The Labute approximate surface area is 94.6 Å². The highest BCUT2D eigenvalue weighted by Crippen LogP contribution is 2.38. The van der Waals surface area contributed by atoms with Crippen LogP contribution in [0.5, 0.6) is 0 Å². The average molecular weight is 308 g/mol. The second-order valence-electron chi connectivity index (χ2n) is 2.78. The topological polar surface area (TPSA) is 12.9 Å². The molecular weight excluding hydrogens is 304 g/mol. The number of hydrogen-bond donors (Lipinski definition) is 0. The lowest BCUT2D eigenvalue weighted by atomic mass is 10.1. The number of rotatable bonds is 2. The third-order valence-corrected chi connectivity index (χ3v) is 2.29. The molecule has 0 unspecified atom stereocenters. The van der Waals surface area contributed by atoms with Gasteiger partial charge in [-0.25, -0.2) is 13.8 Å². The van der Waals surface area contributed by atoms with Crippen molar-refractivity contribution in [2.24, 2.45) is 0 Å². The number of halogens is 7. The van der Waals surface area contributed by atoms with Crippen LogP contribution in [0.2, 0.25) is 0 Å². The highest BCUT2D eigenvalue weighted by Gasteiger charge is 2.38. The number of pyridine rings is 1. The number of nitrogens with zero attached hydrogens (tertiary/aromatic N) is 1. The molecule has 1 heterocycles. The lowest BCUT2D eigenvalue weighted by Crippen LogP contribution is -2.14. The normalized spacial score (nSPS) is 12.2. The minimum absolute atomic E-state index is 0.0341. The molecule has 0 radical (unpaired) electrons. The molecule has 0 fully saturated rings. The van der Waals surface area contributed by atoms with Crippen molar-refractivity contribution < 1.29 is 26.3 Å². The predicted molar refractivity (Wildman–Crippen MR) is 46.8 cm³/mol. The summed E-state index contributed by atoms with van der Waals surface area (Å²) in [6.45, 7) is 0. The van der Waals surface area contributed by atoms with Crippen molar-refractivity contribution in [2.45, 2.75) is 17.9 Å². The molecule has 1 aromatic rings.